The van der Waals surface area contributed by atoms with Crippen LogP contribution in [0, 0.1) is 0 Å². The highest BCUT2D eigenvalue weighted by molar-refractivity contribution is 6.62. The molecule has 0 saturated carbocycles. The Bertz CT molecular complexity index is 930. The third kappa shape index (κ3) is 4.44. The average molecular weight is 422 g/mol. The zero-order chi connectivity index (χ0) is 22.3. The smallest absolute Gasteiger partial charge is 0.478 e. The van der Waals surface area contributed by atoms with E-state index in [2.05, 4.69) is 10.3 Å². The molecule has 2 N–H and O–H groups in total. The molecule has 1 aliphatic rings. The van der Waals surface area contributed by atoms with Crippen LogP contribution in [0.4, 0.5) is 19.0 Å². The van der Waals surface area contributed by atoms with Gasteiger partial charge in [0.1, 0.15) is 11.4 Å². The van der Waals surface area contributed by atoms with Gasteiger partial charge in [0, 0.05) is 12.7 Å². The van der Waals surface area contributed by atoms with Crippen molar-refractivity contribution in [2.75, 3.05) is 5.32 Å². The fourth-order valence-corrected chi connectivity index (χ4v) is 2.88. The topological polar surface area (TPSA) is 80.7 Å². The van der Waals surface area contributed by atoms with Crippen molar-refractivity contribution < 1.29 is 32.4 Å². The summed E-state index contributed by atoms with van der Waals surface area (Å²) < 4.78 is 50.4. The van der Waals surface area contributed by atoms with Crippen LogP contribution >= 0.6 is 0 Å². The molecule has 1 fully saturated rings. The highest BCUT2D eigenvalue weighted by Gasteiger charge is 2.51. The van der Waals surface area contributed by atoms with E-state index in [1.807, 2.05) is 39.8 Å². The average Bonchev–Trinajstić information content (AvgIpc) is 2.87. The fraction of sp³-hybridized carbons (Fsp3) is 0.400. The maximum atomic E-state index is 12.8. The number of carbonyl (C=O) groups is 1. The van der Waals surface area contributed by atoms with Gasteiger partial charge in [0.25, 0.3) is 0 Å². The molecule has 3 rings (SSSR count). The number of carboxylic acids is 1. The maximum absolute atomic E-state index is 12.8. The zero-order valence-corrected chi connectivity index (χ0v) is 17.0. The monoisotopic (exact) mass is 422 g/mol. The lowest BCUT2D eigenvalue weighted by Gasteiger charge is -2.32. The molecule has 2 heterocycles. The molecule has 160 valence electrons. The van der Waals surface area contributed by atoms with E-state index in [-0.39, 0.29) is 12.4 Å². The number of carboxylic acid groups (broad SMARTS) is 1. The lowest BCUT2D eigenvalue weighted by molar-refractivity contribution is -0.137. The molecule has 6 nitrogen and oxygen atoms in total. The molecule has 1 aromatic carbocycles. The van der Waals surface area contributed by atoms with Gasteiger partial charge in [0.2, 0.25) is 0 Å². The minimum atomic E-state index is -4.67. The second-order valence-corrected chi connectivity index (χ2v) is 8.11. The number of hydrogen-bond donors (Lipinski definition) is 2. The first kappa shape index (κ1) is 22.1. The Hall–Kier alpha value is -2.59. The summed E-state index contributed by atoms with van der Waals surface area (Å²) in [4.78, 5) is 15.0. The molecule has 0 bridgehead atoms. The van der Waals surface area contributed by atoms with Gasteiger partial charge in [0.15, 0.2) is 0 Å². The number of benzene rings is 1. The minimum Gasteiger partial charge on any atom is -0.478 e. The first-order valence-electron chi connectivity index (χ1n) is 9.29. The molecule has 1 aliphatic heterocycles. The highest BCUT2D eigenvalue weighted by atomic mass is 19.4. The van der Waals surface area contributed by atoms with E-state index in [0.717, 1.165) is 11.0 Å². The van der Waals surface area contributed by atoms with Crippen LogP contribution in [0.1, 0.15) is 49.2 Å². The van der Waals surface area contributed by atoms with Crippen molar-refractivity contribution in [2.24, 2.45) is 0 Å². The fourth-order valence-electron chi connectivity index (χ4n) is 2.88. The summed E-state index contributed by atoms with van der Waals surface area (Å²) in [6.07, 6.45) is -4.06. The number of aromatic carboxylic acids is 1. The van der Waals surface area contributed by atoms with E-state index in [9.17, 15) is 23.1 Å². The predicted octanol–water partition coefficient (Wildman–Crippen LogP) is 3.71. The van der Waals surface area contributed by atoms with Crippen LogP contribution in [-0.2, 0) is 22.0 Å². The van der Waals surface area contributed by atoms with Crippen LogP contribution in [0.2, 0.25) is 0 Å². The lowest BCUT2D eigenvalue weighted by atomic mass is 9.79. The summed E-state index contributed by atoms with van der Waals surface area (Å²) in [5.41, 5.74) is -0.959. The molecule has 0 aliphatic carbocycles. The van der Waals surface area contributed by atoms with Gasteiger partial charge in [-0.25, -0.2) is 9.78 Å². The molecule has 2 aromatic rings. The standard InChI is InChI=1S/C20H22BF3N2O4/c1-18(2)19(3,4)30-21(29-18)14-7-5-12(6-8-14)10-25-16-15(17(27)28)9-13(11-26-16)20(22,23)24/h5-9,11H,10H2,1-4H3,(H,25,26)(H,27,28). The van der Waals surface area contributed by atoms with Crippen molar-refractivity contribution >= 4 is 24.4 Å². The number of rotatable bonds is 5. The van der Waals surface area contributed by atoms with E-state index in [0.29, 0.717) is 12.3 Å². The first-order valence-corrected chi connectivity index (χ1v) is 9.29. The third-order valence-corrected chi connectivity index (χ3v) is 5.41. The van der Waals surface area contributed by atoms with Gasteiger partial charge in [-0.05, 0) is 44.8 Å². The maximum Gasteiger partial charge on any atom is 0.494 e. The van der Waals surface area contributed by atoms with Crippen LogP contribution in [0.15, 0.2) is 36.5 Å². The Morgan fingerprint density at radius 2 is 1.70 bits per heavy atom. The minimum absolute atomic E-state index is 0.134. The van der Waals surface area contributed by atoms with Crippen molar-refractivity contribution in [3.05, 3.63) is 53.2 Å². The molecular weight excluding hydrogens is 400 g/mol. The Labute approximate surface area is 172 Å². The molecule has 10 heteroatoms. The van der Waals surface area contributed by atoms with Crippen molar-refractivity contribution in [2.45, 2.75) is 51.6 Å². The van der Waals surface area contributed by atoms with Gasteiger partial charge in [-0.1, -0.05) is 24.3 Å². The van der Waals surface area contributed by atoms with Crippen molar-refractivity contribution in [1.29, 1.82) is 0 Å². The van der Waals surface area contributed by atoms with Gasteiger partial charge in [-0.15, -0.1) is 0 Å². The van der Waals surface area contributed by atoms with Crippen LogP contribution in [0.5, 0.6) is 0 Å². The van der Waals surface area contributed by atoms with Crippen LogP contribution in [0.25, 0.3) is 0 Å². The molecule has 30 heavy (non-hydrogen) atoms. The zero-order valence-electron chi connectivity index (χ0n) is 17.0. The van der Waals surface area contributed by atoms with Crippen LogP contribution < -0.4 is 10.8 Å². The highest BCUT2D eigenvalue weighted by Crippen LogP contribution is 2.36. The van der Waals surface area contributed by atoms with Gasteiger partial charge >= 0.3 is 19.3 Å². The van der Waals surface area contributed by atoms with Crippen LogP contribution in [-0.4, -0.2) is 34.4 Å². The Balaban J connectivity index is 1.71. The number of hydrogen-bond acceptors (Lipinski definition) is 5. The Morgan fingerprint density at radius 3 is 2.20 bits per heavy atom. The largest absolute Gasteiger partial charge is 0.494 e. The summed E-state index contributed by atoms with van der Waals surface area (Å²) in [5, 5.41) is 12.0. The first-order chi connectivity index (χ1) is 13.8. The molecule has 0 spiro atoms. The SMILES string of the molecule is CC1(C)OB(c2ccc(CNc3ncc(C(F)(F)F)cc3C(=O)O)cc2)OC1(C)C. The summed E-state index contributed by atoms with van der Waals surface area (Å²) in [6, 6.07) is 7.84. The molecule has 1 saturated heterocycles. The molecule has 0 radical (unpaired) electrons. The second kappa shape index (κ2) is 7.59. The Morgan fingerprint density at radius 1 is 1.13 bits per heavy atom. The summed E-state index contributed by atoms with van der Waals surface area (Å²) in [5.74, 6) is -1.63. The van der Waals surface area contributed by atoms with E-state index in [4.69, 9.17) is 9.31 Å². The van der Waals surface area contributed by atoms with Crippen molar-refractivity contribution in [3.63, 3.8) is 0 Å². The van der Waals surface area contributed by atoms with Gasteiger partial charge in [0.05, 0.1) is 16.8 Å². The van der Waals surface area contributed by atoms with Gasteiger partial charge in [-0.3, -0.25) is 0 Å². The van der Waals surface area contributed by atoms with E-state index < -0.39 is 41.6 Å². The van der Waals surface area contributed by atoms with Crippen LogP contribution in [0.3, 0.4) is 0 Å². The quantitative estimate of drug-likeness (QED) is 0.716. The molecule has 0 atom stereocenters. The Kier molecular flexibility index (Phi) is 5.59. The summed E-state index contributed by atoms with van der Waals surface area (Å²) in [7, 11) is -0.507. The lowest BCUT2D eigenvalue weighted by Crippen LogP contribution is -2.41. The summed E-state index contributed by atoms with van der Waals surface area (Å²) >= 11 is 0. The third-order valence-electron chi connectivity index (χ3n) is 5.41. The van der Waals surface area contributed by atoms with E-state index in [1.54, 1.807) is 12.1 Å². The number of anilines is 1. The number of alkyl halides is 3. The summed E-state index contributed by atoms with van der Waals surface area (Å²) in [6.45, 7) is 8.03. The van der Waals surface area contributed by atoms with E-state index in [1.165, 1.54) is 0 Å². The molecular formula is C20H22BF3N2O4. The molecule has 1 aromatic heterocycles. The normalized spacial score (nSPS) is 17.8. The number of aromatic nitrogens is 1. The number of nitrogens with one attached hydrogen (secondary N) is 1. The number of pyridine rings is 1. The molecule has 0 amide bonds. The van der Waals surface area contributed by atoms with Gasteiger partial charge < -0.3 is 19.7 Å². The number of halogens is 3. The van der Waals surface area contributed by atoms with Crippen molar-refractivity contribution in [3.8, 4) is 0 Å². The second-order valence-electron chi connectivity index (χ2n) is 8.11. The predicted molar refractivity (Wildman–Crippen MR) is 106 cm³/mol. The van der Waals surface area contributed by atoms with Gasteiger partial charge in [-0.2, -0.15) is 13.2 Å². The molecule has 0 unspecified atom stereocenters. The number of nitrogens with zero attached hydrogens (tertiary/aromatic N) is 1. The van der Waals surface area contributed by atoms with E-state index >= 15 is 0 Å². The van der Waals surface area contributed by atoms with Crippen molar-refractivity contribution in [1.82, 2.24) is 4.98 Å².